The molecule has 0 aliphatic carbocycles. The van der Waals surface area contributed by atoms with E-state index in [9.17, 15) is 12.8 Å². The van der Waals surface area contributed by atoms with E-state index in [4.69, 9.17) is 21.1 Å². The zero-order chi connectivity index (χ0) is 30.5. The lowest BCUT2D eigenvalue weighted by Gasteiger charge is -2.12. The van der Waals surface area contributed by atoms with E-state index in [1.165, 1.54) is 29.8 Å². The molecule has 1 unspecified atom stereocenters. The lowest BCUT2D eigenvalue weighted by molar-refractivity contribution is 0.209. The molecule has 3 aromatic heterocycles. The molecule has 1 N–H and O–H groups in total. The molecular formula is C30H27ClFN5O4S2. The van der Waals surface area contributed by atoms with Crippen LogP contribution in [-0.2, 0) is 21.6 Å². The van der Waals surface area contributed by atoms with Gasteiger partial charge in [-0.2, -0.15) is 8.42 Å². The summed E-state index contributed by atoms with van der Waals surface area (Å²) in [7, 11) is -2.44. The van der Waals surface area contributed by atoms with Crippen molar-refractivity contribution in [1.29, 1.82) is 0 Å². The molecule has 2 aromatic carbocycles. The van der Waals surface area contributed by atoms with Crippen molar-refractivity contribution in [3.05, 3.63) is 87.8 Å². The summed E-state index contributed by atoms with van der Waals surface area (Å²) in [5.41, 5.74) is 3.20. The molecule has 0 spiro atoms. The average Bonchev–Trinajstić information content (AvgIpc) is 3.47. The number of benzene rings is 2. The molecule has 0 fully saturated rings. The number of hydrogen-bond acceptors (Lipinski definition) is 10. The highest BCUT2D eigenvalue weighted by Gasteiger charge is 2.18. The Labute approximate surface area is 258 Å². The van der Waals surface area contributed by atoms with Crippen molar-refractivity contribution >= 4 is 60.7 Å². The number of aromatic nitrogens is 4. The zero-order valence-corrected chi connectivity index (χ0v) is 25.8. The first-order chi connectivity index (χ1) is 20.7. The van der Waals surface area contributed by atoms with Crippen LogP contribution in [-0.4, -0.2) is 33.4 Å². The number of nitrogens with zero attached hydrogens (tertiary/aromatic N) is 4. The van der Waals surface area contributed by atoms with Crippen LogP contribution in [0.3, 0.4) is 0 Å². The molecule has 3 heterocycles. The van der Waals surface area contributed by atoms with Crippen molar-refractivity contribution in [3.8, 4) is 17.1 Å². The van der Waals surface area contributed by atoms with E-state index in [0.717, 1.165) is 0 Å². The zero-order valence-electron chi connectivity index (χ0n) is 23.4. The number of pyridine rings is 1. The fourth-order valence-electron chi connectivity index (χ4n) is 4.15. The van der Waals surface area contributed by atoms with Crippen molar-refractivity contribution in [2.75, 3.05) is 5.32 Å². The molecule has 0 bridgehead atoms. The average molecular weight is 640 g/mol. The Morgan fingerprint density at radius 2 is 1.91 bits per heavy atom. The Kier molecular flexibility index (Phi) is 9.61. The third kappa shape index (κ3) is 7.71. The highest BCUT2D eigenvalue weighted by atomic mass is 35.5. The predicted octanol–water partition coefficient (Wildman–Crippen LogP) is 7.40. The molecule has 0 aliphatic heterocycles. The van der Waals surface area contributed by atoms with Gasteiger partial charge in [-0.1, -0.05) is 37.6 Å². The number of rotatable bonds is 10. The number of hydrogen-bond donors (Lipinski definition) is 1. The topological polar surface area (TPSA) is 116 Å². The van der Waals surface area contributed by atoms with Gasteiger partial charge in [-0.25, -0.2) is 19.3 Å². The van der Waals surface area contributed by atoms with Gasteiger partial charge in [-0.3, -0.25) is 4.98 Å². The molecule has 222 valence electrons. The molecule has 0 aliphatic rings. The third-order valence-corrected chi connectivity index (χ3v) is 8.14. The fraction of sp³-hybridized carbons (Fsp3) is 0.233. The molecule has 0 amide bonds. The van der Waals surface area contributed by atoms with E-state index < -0.39 is 16.4 Å². The highest BCUT2D eigenvalue weighted by Crippen LogP contribution is 2.33. The van der Waals surface area contributed by atoms with Gasteiger partial charge >= 0.3 is 0 Å². The normalized spacial score (nSPS) is 12.0. The molecule has 5 aromatic rings. The van der Waals surface area contributed by atoms with Crippen LogP contribution in [0, 0.1) is 11.7 Å². The second-order valence-electron chi connectivity index (χ2n) is 10.0. The number of thiazole rings is 1. The molecule has 13 heteroatoms. The first-order valence-corrected chi connectivity index (χ1v) is 15.6. The summed E-state index contributed by atoms with van der Waals surface area (Å²) in [6.45, 7) is 5.80. The van der Waals surface area contributed by atoms with Crippen LogP contribution in [0.25, 0.3) is 22.3 Å². The van der Waals surface area contributed by atoms with Crippen molar-refractivity contribution in [3.63, 3.8) is 0 Å². The van der Waals surface area contributed by atoms with Crippen LogP contribution in [0.1, 0.15) is 43.9 Å². The maximum absolute atomic E-state index is 13.5. The van der Waals surface area contributed by atoms with Gasteiger partial charge in [0.05, 0.1) is 28.1 Å². The standard InChI is InChI=1S/C30H27ClFN5O4S2/c1-17(2)9-28(43(38)39)41-18(3)30-37-26(15-42-30)24-12-22-25(13-33-24)34-16-35-29(22)36-21-7-8-27(23(31)11-21)40-14-19-5-4-6-20(32)10-19/h4-8,10-13,15-18H,9,14H2,1-3H3,(H,34,35,36). The fourth-order valence-corrected chi connectivity index (χ4v) is 5.87. The number of anilines is 2. The lowest BCUT2D eigenvalue weighted by atomic mass is 10.1. The van der Waals surface area contributed by atoms with Crippen molar-refractivity contribution in [1.82, 2.24) is 19.9 Å². The summed E-state index contributed by atoms with van der Waals surface area (Å²) in [4.78, 5) is 17.9. The van der Waals surface area contributed by atoms with E-state index >= 15 is 0 Å². The first-order valence-electron chi connectivity index (χ1n) is 13.3. The Hall–Kier alpha value is -3.97. The smallest absolute Gasteiger partial charge is 0.240 e. The molecule has 0 saturated carbocycles. The molecule has 43 heavy (non-hydrogen) atoms. The van der Waals surface area contributed by atoms with Crippen LogP contribution < -0.4 is 10.1 Å². The highest BCUT2D eigenvalue weighted by molar-refractivity contribution is 7.72. The first kappa shape index (κ1) is 30.5. The molecule has 0 saturated heterocycles. The van der Waals surface area contributed by atoms with Crippen LogP contribution in [0.15, 0.2) is 66.4 Å². The van der Waals surface area contributed by atoms with Crippen LogP contribution in [0.4, 0.5) is 15.9 Å². The minimum atomic E-state index is -2.44. The molecule has 9 nitrogen and oxygen atoms in total. The van der Waals surface area contributed by atoms with E-state index in [1.807, 2.05) is 25.3 Å². The monoisotopic (exact) mass is 639 g/mol. The molecular weight excluding hydrogens is 613 g/mol. The van der Waals surface area contributed by atoms with Gasteiger partial charge in [0, 0.05) is 22.9 Å². The Morgan fingerprint density at radius 3 is 2.65 bits per heavy atom. The van der Waals surface area contributed by atoms with E-state index in [2.05, 4.69) is 25.3 Å². The summed E-state index contributed by atoms with van der Waals surface area (Å²) in [5.74, 6) is 0.803. The molecule has 1 atom stereocenters. The van der Waals surface area contributed by atoms with Gasteiger partial charge in [-0.05, 0) is 54.8 Å². The number of fused-ring (bicyclic) bond motifs is 1. The SMILES string of the molecule is CC(C)CC(OC(C)c1nc(-c2cc3c(Nc4ccc(OCc5cccc(F)c5)c(Cl)c4)ncnc3cn2)cs1)=S(=O)=O. The van der Waals surface area contributed by atoms with Crippen LogP contribution in [0.5, 0.6) is 5.75 Å². The Bertz CT molecular complexity index is 1910. The van der Waals surface area contributed by atoms with Gasteiger partial charge in [-0.15, -0.1) is 11.3 Å². The summed E-state index contributed by atoms with van der Waals surface area (Å²) < 4.78 is 48.2. The van der Waals surface area contributed by atoms with Gasteiger partial charge < -0.3 is 14.8 Å². The maximum atomic E-state index is 13.5. The summed E-state index contributed by atoms with van der Waals surface area (Å²) >= 11 is 7.84. The van der Waals surface area contributed by atoms with E-state index in [1.54, 1.807) is 43.5 Å². The summed E-state index contributed by atoms with van der Waals surface area (Å²) in [6, 6.07) is 13.3. The summed E-state index contributed by atoms with van der Waals surface area (Å²) in [5, 5.41) is 6.86. The third-order valence-electron chi connectivity index (χ3n) is 6.20. The second kappa shape index (κ2) is 13.6. The minimum Gasteiger partial charge on any atom is -0.487 e. The number of halogens is 2. The van der Waals surface area contributed by atoms with E-state index in [-0.39, 0.29) is 23.4 Å². The quantitative estimate of drug-likeness (QED) is 0.156. The van der Waals surface area contributed by atoms with Gasteiger partial charge in [0.25, 0.3) is 0 Å². The van der Waals surface area contributed by atoms with Crippen molar-refractivity contribution < 1.29 is 22.3 Å². The Morgan fingerprint density at radius 1 is 1.07 bits per heavy atom. The summed E-state index contributed by atoms with van der Waals surface area (Å²) in [6.07, 6.45) is 2.85. The molecule has 0 radical (unpaired) electrons. The predicted molar refractivity (Wildman–Crippen MR) is 167 cm³/mol. The van der Waals surface area contributed by atoms with E-state index in [0.29, 0.717) is 61.6 Å². The van der Waals surface area contributed by atoms with Gasteiger partial charge in [0.1, 0.15) is 41.4 Å². The number of ether oxygens (including phenoxy) is 2. The van der Waals surface area contributed by atoms with Crippen molar-refractivity contribution in [2.24, 2.45) is 5.92 Å². The number of nitrogens with one attached hydrogen (secondary N) is 1. The maximum Gasteiger partial charge on any atom is 0.240 e. The minimum absolute atomic E-state index is 0.0160. The van der Waals surface area contributed by atoms with Crippen LogP contribution in [0.2, 0.25) is 5.02 Å². The van der Waals surface area contributed by atoms with Gasteiger partial charge in [0.15, 0.2) is 5.05 Å². The second-order valence-corrected chi connectivity index (χ2v) is 12.3. The Balaban J connectivity index is 1.34. The largest absolute Gasteiger partial charge is 0.487 e. The lowest BCUT2D eigenvalue weighted by Crippen LogP contribution is -2.12. The van der Waals surface area contributed by atoms with Crippen molar-refractivity contribution in [2.45, 2.75) is 39.9 Å². The molecule has 5 rings (SSSR count). The van der Waals surface area contributed by atoms with Crippen LogP contribution >= 0.6 is 22.9 Å². The van der Waals surface area contributed by atoms with Gasteiger partial charge in [0.2, 0.25) is 10.3 Å².